The van der Waals surface area contributed by atoms with Crippen LogP contribution in [0.25, 0.3) is 0 Å². The Balaban J connectivity index is 2.36. The third-order valence-corrected chi connectivity index (χ3v) is 3.56. The van der Waals surface area contributed by atoms with E-state index < -0.39 is 6.04 Å². The average molecular weight is 312 g/mol. The van der Waals surface area contributed by atoms with E-state index in [4.69, 9.17) is 15.2 Å². The second kappa shape index (κ2) is 9.52. The summed E-state index contributed by atoms with van der Waals surface area (Å²) >= 11 is 1.68. The molecule has 1 aromatic carbocycles. The number of benzene rings is 1. The van der Waals surface area contributed by atoms with Crippen molar-refractivity contribution in [2.24, 2.45) is 5.73 Å². The molecule has 0 fully saturated rings. The summed E-state index contributed by atoms with van der Waals surface area (Å²) in [5.74, 6) is 2.19. The second-order valence-corrected chi connectivity index (χ2v) is 5.73. The van der Waals surface area contributed by atoms with Gasteiger partial charge in [0.25, 0.3) is 0 Å². The molecule has 3 N–H and O–H groups in total. The molecule has 0 heterocycles. The van der Waals surface area contributed by atoms with Crippen molar-refractivity contribution in [2.45, 2.75) is 25.5 Å². The zero-order valence-corrected chi connectivity index (χ0v) is 13.6. The maximum absolute atomic E-state index is 11.8. The summed E-state index contributed by atoms with van der Waals surface area (Å²) in [6.07, 6.45) is 2.53. The van der Waals surface area contributed by atoms with Crippen LogP contribution in [0.5, 0.6) is 11.5 Å². The number of amides is 1. The van der Waals surface area contributed by atoms with Crippen molar-refractivity contribution in [3.8, 4) is 11.5 Å². The number of thioether (sulfide) groups is 1. The van der Waals surface area contributed by atoms with Crippen molar-refractivity contribution < 1.29 is 14.3 Å². The Morgan fingerprint density at radius 2 is 2.14 bits per heavy atom. The minimum Gasteiger partial charge on any atom is -0.497 e. The predicted octanol–water partition coefficient (Wildman–Crippen LogP) is 1.66. The lowest BCUT2D eigenvalue weighted by atomic mass is 10.2. The standard InChI is InChI=1S/C15H24N2O3S/c1-11(10-17-15(18)14(16)7-8-21-3)20-13-6-4-5-12(9-13)19-2/h4-6,9,11,14H,7-8,10,16H2,1-3H3,(H,17,18)/t11?,14-/m0/s1. The molecular weight excluding hydrogens is 288 g/mol. The fourth-order valence-electron chi connectivity index (χ4n) is 1.70. The van der Waals surface area contributed by atoms with Crippen molar-refractivity contribution in [3.63, 3.8) is 0 Å². The van der Waals surface area contributed by atoms with Crippen molar-refractivity contribution in [3.05, 3.63) is 24.3 Å². The fraction of sp³-hybridized carbons (Fsp3) is 0.533. The Kier molecular flexibility index (Phi) is 8.00. The Morgan fingerprint density at radius 1 is 1.43 bits per heavy atom. The number of ether oxygens (including phenoxy) is 2. The monoisotopic (exact) mass is 312 g/mol. The van der Waals surface area contributed by atoms with Gasteiger partial charge >= 0.3 is 0 Å². The van der Waals surface area contributed by atoms with Crippen molar-refractivity contribution >= 4 is 17.7 Å². The molecule has 0 spiro atoms. The predicted molar refractivity (Wildman–Crippen MR) is 87.1 cm³/mol. The number of methoxy groups -OCH3 is 1. The van der Waals surface area contributed by atoms with Gasteiger partial charge in [0.15, 0.2) is 0 Å². The van der Waals surface area contributed by atoms with E-state index in [0.29, 0.717) is 18.7 Å². The highest BCUT2D eigenvalue weighted by Gasteiger charge is 2.14. The summed E-state index contributed by atoms with van der Waals surface area (Å²) < 4.78 is 10.9. The van der Waals surface area contributed by atoms with Crippen LogP contribution in [0.2, 0.25) is 0 Å². The SMILES string of the molecule is COc1cccc(OC(C)CNC(=O)[C@@H](N)CCSC)c1. The van der Waals surface area contributed by atoms with Crippen LogP contribution in [-0.4, -0.2) is 43.7 Å². The van der Waals surface area contributed by atoms with Gasteiger partial charge in [-0.15, -0.1) is 0 Å². The maximum atomic E-state index is 11.8. The van der Waals surface area contributed by atoms with Crippen LogP contribution >= 0.6 is 11.8 Å². The van der Waals surface area contributed by atoms with Gasteiger partial charge in [0.05, 0.1) is 19.7 Å². The second-order valence-electron chi connectivity index (χ2n) is 4.74. The first-order chi connectivity index (χ1) is 10.1. The minimum atomic E-state index is -0.457. The van der Waals surface area contributed by atoms with E-state index >= 15 is 0 Å². The van der Waals surface area contributed by atoms with Gasteiger partial charge in [-0.05, 0) is 37.5 Å². The van der Waals surface area contributed by atoms with Crippen LogP contribution in [0, 0.1) is 0 Å². The molecule has 0 aromatic heterocycles. The van der Waals surface area contributed by atoms with Crippen LogP contribution in [0.3, 0.4) is 0 Å². The van der Waals surface area contributed by atoms with Gasteiger partial charge in [-0.2, -0.15) is 11.8 Å². The lowest BCUT2D eigenvalue weighted by Gasteiger charge is -2.17. The molecule has 0 radical (unpaired) electrons. The fourth-order valence-corrected chi connectivity index (χ4v) is 2.19. The highest BCUT2D eigenvalue weighted by molar-refractivity contribution is 7.98. The number of hydrogen-bond acceptors (Lipinski definition) is 5. The van der Waals surface area contributed by atoms with Crippen molar-refractivity contribution in [1.29, 1.82) is 0 Å². The summed E-state index contributed by atoms with van der Waals surface area (Å²) in [5.41, 5.74) is 5.80. The Labute approximate surface area is 130 Å². The molecule has 1 amide bonds. The summed E-state index contributed by atoms with van der Waals surface area (Å²) in [6, 6.07) is 6.91. The van der Waals surface area contributed by atoms with Crippen LogP contribution in [-0.2, 0) is 4.79 Å². The molecule has 0 saturated heterocycles. The van der Waals surface area contributed by atoms with E-state index in [1.807, 2.05) is 37.4 Å². The molecular formula is C15H24N2O3S. The highest BCUT2D eigenvalue weighted by atomic mass is 32.2. The normalized spacial score (nSPS) is 13.3. The molecule has 0 aliphatic rings. The zero-order valence-electron chi connectivity index (χ0n) is 12.8. The molecule has 0 saturated carbocycles. The molecule has 2 atom stereocenters. The first-order valence-electron chi connectivity index (χ1n) is 6.89. The number of carbonyl (C=O) groups is 1. The third-order valence-electron chi connectivity index (χ3n) is 2.91. The molecule has 21 heavy (non-hydrogen) atoms. The first-order valence-corrected chi connectivity index (χ1v) is 8.29. The molecule has 0 aliphatic carbocycles. The Bertz CT molecular complexity index is 443. The van der Waals surface area contributed by atoms with Crippen molar-refractivity contribution in [2.75, 3.05) is 25.7 Å². The van der Waals surface area contributed by atoms with Crippen LogP contribution in [0.15, 0.2) is 24.3 Å². The van der Waals surface area contributed by atoms with Crippen molar-refractivity contribution in [1.82, 2.24) is 5.32 Å². The lowest BCUT2D eigenvalue weighted by Crippen LogP contribution is -2.44. The van der Waals surface area contributed by atoms with Gasteiger partial charge in [0.1, 0.15) is 17.6 Å². The number of hydrogen-bond donors (Lipinski definition) is 2. The average Bonchev–Trinajstić information content (AvgIpc) is 2.50. The first kappa shape index (κ1) is 17.7. The topological polar surface area (TPSA) is 73.6 Å². The molecule has 1 unspecified atom stereocenters. The van der Waals surface area contributed by atoms with Crippen LogP contribution in [0.1, 0.15) is 13.3 Å². The smallest absolute Gasteiger partial charge is 0.237 e. The van der Waals surface area contributed by atoms with E-state index in [1.54, 1.807) is 18.9 Å². The van der Waals surface area contributed by atoms with Gasteiger partial charge in [-0.25, -0.2) is 0 Å². The molecule has 0 aliphatic heterocycles. The van der Waals surface area contributed by atoms with Crippen LogP contribution in [0.4, 0.5) is 0 Å². The quantitative estimate of drug-likeness (QED) is 0.725. The Morgan fingerprint density at radius 3 is 2.81 bits per heavy atom. The highest BCUT2D eigenvalue weighted by Crippen LogP contribution is 2.19. The summed E-state index contributed by atoms with van der Waals surface area (Å²) in [5, 5.41) is 2.81. The van der Waals surface area contributed by atoms with E-state index in [0.717, 1.165) is 11.5 Å². The lowest BCUT2D eigenvalue weighted by molar-refractivity contribution is -0.122. The Hall–Kier alpha value is -1.40. The van der Waals surface area contributed by atoms with E-state index in [9.17, 15) is 4.79 Å². The zero-order chi connectivity index (χ0) is 15.7. The summed E-state index contributed by atoms with van der Waals surface area (Å²) in [4.78, 5) is 11.8. The van der Waals surface area contributed by atoms with E-state index in [-0.39, 0.29) is 12.0 Å². The molecule has 6 heteroatoms. The van der Waals surface area contributed by atoms with Crippen LogP contribution < -0.4 is 20.5 Å². The van der Waals surface area contributed by atoms with Gasteiger partial charge in [-0.1, -0.05) is 6.07 Å². The van der Waals surface area contributed by atoms with Gasteiger partial charge in [0, 0.05) is 6.07 Å². The maximum Gasteiger partial charge on any atom is 0.237 e. The molecule has 1 aromatic rings. The molecule has 118 valence electrons. The number of nitrogens with two attached hydrogens (primary N) is 1. The van der Waals surface area contributed by atoms with Gasteiger partial charge in [-0.3, -0.25) is 4.79 Å². The summed E-state index contributed by atoms with van der Waals surface area (Å²) in [7, 11) is 1.61. The number of carbonyl (C=O) groups excluding carboxylic acids is 1. The molecule has 5 nitrogen and oxygen atoms in total. The number of rotatable bonds is 9. The summed E-state index contributed by atoms with van der Waals surface area (Å²) in [6.45, 7) is 2.32. The van der Waals surface area contributed by atoms with Gasteiger partial charge < -0.3 is 20.5 Å². The van der Waals surface area contributed by atoms with E-state index in [1.165, 1.54) is 0 Å². The molecule has 0 bridgehead atoms. The third kappa shape index (κ3) is 6.73. The van der Waals surface area contributed by atoms with Gasteiger partial charge in [0.2, 0.25) is 5.91 Å². The molecule has 1 rings (SSSR count). The largest absolute Gasteiger partial charge is 0.497 e. The van der Waals surface area contributed by atoms with E-state index in [2.05, 4.69) is 5.32 Å². The number of nitrogens with one attached hydrogen (secondary N) is 1. The minimum absolute atomic E-state index is 0.134.